The van der Waals surface area contributed by atoms with E-state index in [0.717, 1.165) is 37.1 Å². The first-order valence-electron chi connectivity index (χ1n) is 6.14. The maximum absolute atomic E-state index is 12.3. The number of hydrazine groups is 1. The van der Waals surface area contributed by atoms with E-state index in [1.54, 1.807) is 0 Å². The van der Waals surface area contributed by atoms with Gasteiger partial charge in [-0.15, -0.1) is 0 Å². The summed E-state index contributed by atoms with van der Waals surface area (Å²) in [7, 11) is 0. The maximum atomic E-state index is 12.3. The summed E-state index contributed by atoms with van der Waals surface area (Å²) < 4.78 is 0. The number of nitrogen functional groups attached to an aromatic ring is 1. The van der Waals surface area contributed by atoms with Gasteiger partial charge >= 0.3 is 0 Å². The van der Waals surface area contributed by atoms with Crippen molar-refractivity contribution < 1.29 is 4.79 Å². The average molecular weight is 233 g/mol. The Morgan fingerprint density at radius 3 is 2.76 bits per heavy atom. The van der Waals surface area contributed by atoms with Gasteiger partial charge in [-0.3, -0.25) is 10.6 Å². The van der Waals surface area contributed by atoms with Gasteiger partial charge in [-0.05, 0) is 43.5 Å². The molecule has 1 aliphatic heterocycles. The zero-order chi connectivity index (χ0) is 12.3. The van der Waals surface area contributed by atoms with Gasteiger partial charge in [-0.25, -0.2) is 0 Å². The summed E-state index contributed by atoms with van der Waals surface area (Å²) >= 11 is 0. The Morgan fingerprint density at radius 1 is 1.47 bits per heavy atom. The molecule has 0 bridgehead atoms. The molecule has 0 aromatic heterocycles. The fraction of sp³-hybridized carbons (Fsp3) is 0.462. The van der Waals surface area contributed by atoms with Crippen molar-refractivity contribution in [3.8, 4) is 0 Å². The third-order valence-electron chi connectivity index (χ3n) is 3.41. The number of rotatable bonds is 3. The van der Waals surface area contributed by atoms with Crippen LogP contribution in [0.4, 0.5) is 5.69 Å². The Hall–Kier alpha value is -1.55. The smallest absolute Gasteiger partial charge is 0.254 e. The third kappa shape index (κ3) is 2.42. The molecule has 17 heavy (non-hydrogen) atoms. The molecule has 0 radical (unpaired) electrons. The van der Waals surface area contributed by atoms with Crippen molar-refractivity contribution in [2.24, 2.45) is 5.84 Å². The Kier molecular flexibility index (Phi) is 3.64. The SMILES string of the molecule is CCC1CCCN1C(=O)c1ccc(NN)cc1. The summed E-state index contributed by atoms with van der Waals surface area (Å²) in [6.45, 7) is 3.02. The van der Waals surface area contributed by atoms with Crippen molar-refractivity contribution in [3.05, 3.63) is 29.8 Å². The quantitative estimate of drug-likeness (QED) is 0.620. The molecule has 3 N–H and O–H groups in total. The van der Waals surface area contributed by atoms with Crippen LogP contribution >= 0.6 is 0 Å². The van der Waals surface area contributed by atoms with Crippen molar-refractivity contribution in [2.75, 3.05) is 12.0 Å². The molecular formula is C13H19N3O. The number of carbonyl (C=O) groups is 1. The number of benzene rings is 1. The van der Waals surface area contributed by atoms with Crippen LogP contribution < -0.4 is 11.3 Å². The molecule has 0 spiro atoms. The van der Waals surface area contributed by atoms with E-state index in [1.807, 2.05) is 29.2 Å². The predicted octanol–water partition coefficient (Wildman–Crippen LogP) is 1.99. The first-order chi connectivity index (χ1) is 8.26. The Bertz CT molecular complexity index is 388. The van der Waals surface area contributed by atoms with E-state index < -0.39 is 0 Å². The topological polar surface area (TPSA) is 58.4 Å². The minimum absolute atomic E-state index is 0.137. The Labute approximate surface area is 102 Å². The van der Waals surface area contributed by atoms with Gasteiger partial charge in [0.15, 0.2) is 0 Å². The maximum Gasteiger partial charge on any atom is 0.254 e. The molecule has 92 valence electrons. The molecule has 1 atom stereocenters. The van der Waals surface area contributed by atoms with Crippen LogP contribution in [-0.4, -0.2) is 23.4 Å². The number of carbonyl (C=O) groups excluding carboxylic acids is 1. The predicted molar refractivity (Wildman–Crippen MR) is 68.6 cm³/mol. The van der Waals surface area contributed by atoms with Crippen molar-refractivity contribution in [2.45, 2.75) is 32.2 Å². The molecule has 4 heteroatoms. The number of nitrogens with two attached hydrogens (primary N) is 1. The third-order valence-corrected chi connectivity index (χ3v) is 3.41. The second-order valence-electron chi connectivity index (χ2n) is 4.42. The van der Waals surface area contributed by atoms with Crippen LogP contribution in [0.15, 0.2) is 24.3 Å². The molecule has 1 aliphatic rings. The van der Waals surface area contributed by atoms with Gasteiger partial charge in [0.2, 0.25) is 0 Å². The van der Waals surface area contributed by atoms with Crippen LogP contribution in [0.25, 0.3) is 0 Å². The highest BCUT2D eigenvalue weighted by Crippen LogP contribution is 2.22. The lowest BCUT2D eigenvalue weighted by molar-refractivity contribution is 0.0733. The van der Waals surface area contributed by atoms with E-state index in [2.05, 4.69) is 12.3 Å². The number of nitrogens with zero attached hydrogens (tertiary/aromatic N) is 1. The highest BCUT2D eigenvalue weighted by Gasteiger charge is 2.27. The normalized spacial score (nSPS) is 19.4. The summed E-state index contributed by atoms with van der Waals surface area (Å²) in [5.74, 6) is 5.43. The van der Waals surface area contributed by atoms with Gasteiger partial charge in [0, 0.05) is 23.8 Å². The number of likely N-dealkylation sites (tertiary alicyclic amines) is 1. The number of anilines is 1. The molecule has 1 heterocycles. The molecule has 4 nitrogen and oxygen atoms in total. The van der Waals surface area contributed by atoms with E-state index in [0.29, 0.717) is 6.04 Å². The molecular weight excluding hydrogens is 214 g/mol. The van der Waals surface area contributed by atoms with Crippen LogP contribution in [-0.2, 0) is 0 Å². The van der Waals surface area contributed by atoms with Crippen molar-refractivity contribution in [1.29, 1.82) is 0 Å². The number of amides is 1. The first kappa shape index (κ1) is 11.9. The van der Waals surface area contributed by atoms with E-state index in [-0.39, 0.29) is 5.91 Å². The lowest BCUT2D eigenvalue weighted by Gasteiger charge is -2.23. The summed E-state index contributed by atoms with van der Waals surface area (Å²) in [5.41, 5.74) is 4.11. The summed E-state index contributed by atoms with van der Waals surface area (Å²) in [5, 5.41) is 0. The second-order valence-corrected chi connectivity index (χ2v) is 4.42. The molecule has 2 rings (SSSR count). The van der Waals surface area contributed by atoms with Crippen LogP contribution in [0.1, 0.15) is 36.5 Å². The molecule has 1 aromatic carbocycles. The summed E-state index contributed by atoms with van der Waals surface area (Å²) in [4.78, 5) is 14.3. The number of hydrogen-bond acceptors (Lipinski definition) is 3. The van der Waals surface area contributed by atoms with Gasteiger partial charge in [-0.1, -0.05) is 6.92 Å². The van der Waals surface area contributed by atoms with Crippen LogP contribution in [0.5, 0.6) is 0 Å². The minimum Gasteiger partial charge on any atom is -0.336 e. The van der Waals surface area contributed by atoms with Crippen molar-refractivity contribution in [3.63, 3.8) is 0 Å². The molecule has 1 saturated heterocycles. The van der Waals surface area contributed by atoms with Crippen LogP contribution in [0, 0.1) is 0 Å². The van der Waals surface area contributed by atoms with E-state index in [9.17, 15) is 4.79 Å². The second kappa shape index (κ2) is 5.19. The van der Waals surface area contributed by atoms with E-state index in [4.69, 9.17) is 5.84 Å². The highest BCUT2D eigenvalue weighted by atomic mass is 16.2. The van der Waals surface area contributed by atoms with Gasteiger partial charge in [-0.2, -0.15) is 0 Å². The molecule has 1 fully saturated rings. The zero-order valence-electron chi connectivity index (χ0n) is 10.1. The van der Waals surface area contributed by atoms with Gasteiger partial charge in [0.25, 0.3) is 5.91 Å². The Morgan fingerprint density at radius 2 is 2.18 bits per heavy atom. The molecule has 1 aromatic rings. The van der Waals surface area contributed by atoms with Gasteiger partial charge < -0.3 is 10.3 Å². The fourth-order valence-electron chi connectivity index (χ4n) is 2.40. The van der Waals surface area contributed by atoms with Crippen LogP contribution in [0.2, 0.25) is 0 Å². The van der Waals surface area contributed by atoms with Crippen molar-refractivity contribution >= 4 is 11.6 Å². The standard InChI is InChI=1S/C13H19N3O/c1-2-12-4-3-9-16(12)13(17)10-5-7-11(15-14)8-6-10/h5-8,12,15H,2-4,9,14H2,1H3. The lowest BCUT2D eigenvalue weighted by Crippen LogP contribution is -2.35. The largest absolute Gasteiger partial charge is 0.336 e. The molecule has 0 saturated carbocycles. The van der Waals surface area contributed by atoms with Gasteiger partial charge in [0.1, 0.15) is 0 Å². The van der Waals surface area contributed by atoms with Crippen molar-refractivity contribution in [1.82, 2.24) is 4.90 Å². The fourth-order valence-corrected chi connectivity index (χ4v) is 2.40. The molecule has 0 aliphatic carbocycles. The Balaban J connectivity index is 2.13. The van der Waals surface area contributed by atoms with E-state index in [1.165, 1.54) is 0 Å². The zero-order valence-corrected chi connectivity index (χ0v) is 10.1. The monoisotopic (exact) mass is 233 g/mol. The first-order valence-corrected chi connectivity index (χ1v) is 6.14. The highest BCUT2D eigenvalue weighted by molar-refractivity contribution is 5.94. The molecule has 1 amide bonds. The number of nitrogens with one attached hydrogen (secondary N) is 1. The molecule has 1 unspecified atom stereocenters. The summed E-state index contributed by atoms with van der Waals surface area (Å²) in [6.07, 6.45) is 3.28. The van der Waals surface area contributed by atoms with Gasteiger partial charge in [0.05, 0.1) is 0 Å². The summed E-state index contributed by atoms with van der Waals surface area (Å²) in [6, 6.07) is 7.70. The lowest BCUT2D eigenvalue weighted by atomic mass is 10.1. The number of hydrogen-bond donors (Lipinski definition) is 2. The van der Waals surface area contributed by atoms with E-state index >= 15 is 0 Å². The average Bonchev–Trinajstić information content (AvgIpc) is 2.86. The minimum atomic E-state index is 0.137. The van der Waals surface area contributed by atoms with Crippen LogP contribution in [0.3, 0.4) is 0 Å².